The highest BCUT2D eigenvalue weighted by Gasteiger charge is 2.23. The Labute approximate surface area is 116 Å². The minimum atomic E-state index is -0.541. The van der Waals surface area contributed by atoms with Crippen molar-refractivity contribution in [3.05, 3.63) is 40.9 Å². The quantitative estimate of drug-likeness (QED) is 0.664. The van der Waals surface area contributed by atoms with Gasteiger partial charge in [-0.05, 0) is 36.6 Å². The van der Waals surface area contributed by atoms with Crippen LogP contribution in [0.25, 0.3) is 6.08 Å². The first-order valence-corrected chi connectivity index (χ1v) is 6.41. The smallest absolute Gasteiger partial charge is 0.331 e. The van der Waals surface area contributed by atoms with E-state index in [0.717, 1.165) is 18.4 Å². The SMILES string of the molecule is O=C(COC(=O)/C=C/c1ccc(Cl)cc1)NC1CC1. The molecule has 0 aromatic heterocycles. The first-order chi connectivity index (χ1) is 9.13. The third-order valence-electron chi connectivity index (χ3n) is 2.57. The molecule has 0 unspecified atom stereocenters. The Morgan fingerprint density at radius 3 is 2.63 bits per heavy atom. The molecule has 0 saturated heterocycles. The van der Waals surface area contributed by atoms with Gasteiger partial charge < -0.3 is 10.1 Å². The number of esters is 1. The zero-order valence-electron chi connectivity index (χ0n) is 10.3. The van der Waals surface area contributed by atoms with Crippen LogP contribution in [-0.4, -0.2) is 24.5 Å². The minimum absolute atomic E-state index is 0.236. The van der Waals surface area contributed by atoms with Gasteiger partial charge in [0.05, 0.1) is 0 Å². The summed E-state index contributed by atoms with van der Waals surface area (Å²) >= 11 is 5.75. The topological polar surface area (TPSA) is 55.4 Å². The van der Waals surface area contributed by atoms with Gasteiger partial charge in [-0.15, -0.1) is 0 Å². The van der Waals surface area contributed by atoms with Crippen LogP contribution in [0.5, 0.6) is 0 Å². The van der Waals surface area contributed by atoms with E-state index in [1.807, 2.05) is 0 Å². The van der Waals surface area contributed by atoms with Crippen LogP contribution in [0.15, 0.2) is 30.3 Å². The van der Waals surface area contributed by atoms with Crippen LogP contribution >= 0.6 is 11.6 Å². The van der Waals surface area contributed by atoms with Gasteiger partial charge in [0.2, 0.25) is 0 Å². The number of ether oxygens (including phenoxy) is 1. The molecule has 0 atom stereocenters. The summed E-state index contributed by atoms with van der Waals surface area (Å²) in [6, 6.07) is 7.30. The molecule has 0 spiro atoms. The molecular weight excluding hydrogens is 266 g/mol. The molecule has 4 nitrogen and oxygen atoms in total. The molecule has 1 aliphatic carbocycles. The van der Waals surface area contributed by atoms with E-state index in [9.17, 15) is 9.59 Å². The van der Waals surface area contributed by atoms with Gasteiger partial charge in [0.15, 0.2) is 6.61 Å². The van der Waals surface area contributed by atoms with Gasteiger partial charge in [0.1, 0.15) is 0 Å². The van der Waals surface area contributed by atoms with Gasteiger partial charge in [-0.25, -0.2) is 4.79 Å². The second-order valence-corrected chi connectivity index (χ2v) is 4.77. The second kappa shape index (κ2) is 6.38. The molecule has 1 amide bonds. The van der Waals surface area contributed by atoms with Crippen LogP contribution in [0.1, 0.15) is 18.4 Å². The highest BCUT2D eigenvalue weighted by atomic mass is 35.5. The van der Waals surface area contributed by atoms with Crippen LogP contribution in [0.4, 0.5) is 0 Å². The molecule has 0 aliphatic heterocycles. The van der Waals surface area contributed by atoms with Crippen molar-refractivity contribution < 1.29 is 14.3 Å². The summed E-state index contributed by atoms with van der Waals surface area (Å²) in [6.45, 7) is -0.236. The predicted octanol–water partition coefficient (Wildman–Crippen LogP) is 2.17. The third-order valence-corrected chi connectivity index (χ3v) is 2.82. The summed E-state index contributed by atoms with van der Waals surface area (Å²) in [4.78, 5) is 22.7. The maximum Gasteiger partial charge on any atom is 0.331 e. The zero-order chi connectivity index (χ0) is 13.7. The van der Waals surface area contributed by atoms with Crippen molar-refractivity contribution in [2.75, 3.05) is 6.61 Å². The summed E-state index contributed by atoms with van der Waals surface area (Å²) in [5.74, 6) is -0.795. The van der Waals surface area contributed by atoms with Crippen molar-refractivity contribution in [2.45, 2.75) is 18.9 Å². The van der Waals surface area contributed by atoms with Gasteiger partial charge in [-0.1, -0.05) is 23.7 Å². The highest BCUT2D eigenvalue weighted by Crippen LogP contribution is 2.18. The summed E-state index contributed by atoms with van der Waals surface area (Å²) in [5.41, 5.74) is 0.837. The molecule has 1 saturated carbocycles. The number of carbonyl (C=O) groups is 2. The first kappa shape index (κ1) is 13.6. The van der Waals surface area contributed by atoms with E-state index in [-0.39, 0.29) is 18.6 Å². The first-order valence-electron chi connectivity index (χ1n) is 6.03. The van der Waals surface area contributed by atoms with Crippen molar-refractivity contribution in [3.63, 3.8) is 0 Å². The Kier molecular flexibility index (Phi) is 4.58. The van der Waals surface area contributed by atoms with E-state index in [1.54, 1.807) is 30.3 Å². The lowest BCUT2D eigenvalue weighted by atomic mass is 10.2. The largest absolute Gasteiger partial charge is 0.452 e. The molecular formula is C14H14ClNO3. The number of nitrogens with one attached hydrogen (secondary N) is 1. The fourth-order valence-electron chi connectivity index (χ4n) is 1.42. The fourth-order valence-corrected chi connectivity index (χ4v) is 1.55. The molecule has 5 heteroatoms. The van der Waals surface area contributed by atoms with Crippen LogP contribution in [0, 0.1) is 0 Å². The average molecular weight is 280 g/mol. The van der Waals surface area contributed by atoms with Gasteiger partial charge >= 0.3 is 5.97 Å². The zero-order valence-corrected chi connectivity index (χ0v) is 11.0. The van der Waals surface area contributed by atoms with E-state index in [2.05, 4.69) is 5.32 Å². The number of amides is 1. The van der Waals surface area contributed by atoms with Crippen molar-refractivity contribution >= 4 is 29.6 Å². The van der Waals surface area contributed by atoms with Crippen LogP contribution in [-0.2, 0) is 14.3 Å². The Balaban J connectivity index is 1.73. The minimum Gasteiger partial charge on any atom is -0.452 e. The molecule has 1 N–H and O–H groups in total. The lowest BCUT2D eigenvalue weighted by Crippen LogP contribution is -2.30. The molecule has 1 aromatic carbocycles. The maximum absolute atomic E-state index is 11.4. The average Bonchev–Trinajstić information content (AvgIpc) is 3.19. The van der Waals surface area contributed by atoms with E-state index in [4.69, 9.17) is 16.3 Å². The normalized spacial score (nSPS) is 14.4. The molecule has 0 bridgehead atoms. The highest BCUT2D eigenvalue weighted by molar-refractivity contribution is 6.30. The number of halogens is 1. The summed E-state index contributed by atoms with van der Waals surface area (Å²) in [6.07, 6.45) is 4.91. The number of hydrogen-bond donors (Lipinski definition) is 1. The fraction of sp³-hybridized carbons (Fsp3) is 0.286. The number of benzene rings is 1. The third kappa shape index (κ3) is 5.14. The van der Waals surface area contributed by atoms with Crippen molar-refractivity contribution in [1.82, 2.24) is 5.32 Å². The molecule has 1 fully saturated rings. The second-order valence-electron chi connectivity index (χ2n) is 4.33. The van der Waals surface area contributed by atoms with Crippen molar-refractivity contribution in [1.29, 1.82) is 0 Å². The number of carbonyl (C=O) groups excluding carboxylic acids is 2. The molecule has 100 valence electrons. The Morgan fingerprint density at radius 1 is 1.32 bits per heavy atom. The molecule has 0 heterocycles. The van der Waals surface area contributed by atoms with E-state index in [0.29, 0.717) is 5.02 Å². The van der Waals surface area contributed by atoms with Crippen molar-refractivity contribution in [3.8, 4) is 0 Å². The predicted molar refractivity (Wildman–Crippen MR) is 72.6 cm³/mol. The monoisotopic (exact) mass is 279 g/mol. The number of rotatable bonds is 5. The standard InChI is InChI=1S/C14H14ClNO3/c15-11-4-1-10(2-5-11)3-8-14(18)19-9-13(17)16-12-6-7-12/h1-5,8,12H,6-7,9H2,(H,16,17)/b8-3+. The molecule has 0 radical (unpaired) electrons. The molecule has 1 aromatic rings. The van der Waals surface area contributed by atoms with Gasteiger partial charge in [-0.3, -0.25) is 4.79 Å². The molecule has 19 heavy (non-hydrogen) atoms. The van der Waals surface area contributed by atoms with Crippen LogP contribution < -0.4 is 5.32 Å². The lowest BCUT2D eigenvalue weighted by molar-refractivity contribution is -0.143. The lowest BCUT2D eigenvalue weighted by Gasteiger charge is -2.02. The van der Waals surface area contributed by atoms with Crippen LogP contribution in [0.2, 0.25) is 5.02 Å². The Morgan fingerprint density at radius 2 is 2.00 bits per heavy atom. The summed E-state index contributed by atoms with van der Waals surface area (Å²) < 4.78 is 4.81. The van der Waals surface area contributed by atoms with Gasteiger partial charge in [0.25, 0.3) is 5.91 Å². The molecule has 2 rings (SSSR count). The Bertz CT molecular complexity index is 492. The van der Waals surface area contributed by atoms with Gasteiger partial charge in [-0.2, -0.15) is 0 Å². The maximum atomic E-state index is 11.4. The molecule has 1 aliphatic rings. The van der Waals surface area contributed by atoms with Gasteiger partial charge in [0, 0.05) is 17.1 Å². The summed E-state index contributed by atoms with van der Waals surface area (Å²) in [7, 11) is 0. The number of hydrogen-bond acceptors (Lipinski definition) is 3. The Hall–Kier alpha value is -1.81. The van der Waals surface area contributed by atoms with Crippen LogP contribution in [0.3, 0.4) is 0 Å². The summed E-state index contributed by atoms with van der Waals surface area (Å²) in [5, 5.41) is 3.37. The van der Waals surface area contributed by atoms with E-state index in [1.165, 1.54) is 6.08 Å². The van der Waals surface area contributed by atoms with Crippen molar-refractivity contribution in [2.24, 2.45) is 0 Å². The van der Waals surface area contributed by atoms with E-state index < -0.39 is 5.97 Å². The van der Waals surface area contributed by atoms with E-state index >= 15 is 0 Å².